The van der Waals surface area contributed by atoms with Gasteiger partial charge >= 0.3 is 0 Å². The number of nitrogens with one attached hydrogen (secondary N) is 2. The van der Waals surface area contributed by atoms with Gasteiger partial charge in [0.25, 0.3) is 0 Å². The number of morpholine rings is 1. The van der Waals surface area contributed by atoms with Gasteiger partial charge in [0.2, 0.25) is 11.7 Å². The fourth-order valence-electron chi connectivity index (χ4n) is 2.92. The Hall–Kier alpha value is -1.43. The van der Waals surface area contributed by atoms with E-state index in [2.05, 4.69) is 37.6 Å². The summed E-state index contributed by atoms with van der Waals surface area (Å²) in [4.78, 5) is 11.4. The molecular weight excluding hydrogens is 507 g/mol. The maximum atomic E-state index is 5.91. The number of hydrogen-bond acceptors (Lipinski definition) is 6. The normalized spacial score (nSPS) is 16.2. The summed E-state index contributed by atoms with van der Waals surface area (Å²) in [7, 11) is 0. The van der Waals surface area contributed by atoms with Crippen molar-refractivity contribution < 1.29 is 9.26 Å². The lowest BCUT2D eigenvalue weighted by Gasteiger charge is -2.32. The molecule has 1 aliphatic heterocycles. The van der Waals surface area contributed by atoms with Gasteiger partial charge in [-0.05, 0) is 38.1 Å². The fourth-order valence-corrected chi connectivity index (χ4v) is 3.04. The highest BCUT2D eigenvalue weighted by atomic mass is 127. The Labute approximate surface area is 193 Å². The van der Waals surface area contributed by atoms with Gasteiger partial charge in [0, 0.05) is 42.8 Å². The Kier molecular flexibility index (Phi) is 10.1. The van der Waals surface area contributed by atoms with Gasteiger partial charge in [-0.15, -0.1) is 24.0 Å². The molecule has 0 amide bonds. The number of benzene rings is 1. The Balaban J connectivity index is 0.00000300. The van der Waals surface area contributed by atoms with E-state index in [1.54, 1.807) is 12.1 Å². The summed E-state index contributed by atoms with van der Waals surface area (Å²) in [6.45, 7) is 9.65. The molecule has 1 saturated heterocycles. The first-order valence-corrected chi connectivity index (χ1v) is 9.96. The van der Waals surface area contributed by atoms with Crippen molar-refractivity contribution in [2.45, 2.75) is 26.4 Å². The summed E-state index contributed by atoms with van der Waals surface area (Å²) in [5.74, 6) is 1.72. The van der Waals surface area contributed by atoms with Gasteiger partial charge in [0.15, 0.2) is 5.96 Å². The summed E-state index contributed by atoms with van der Waals surface area (Å²) in [6, 6.07) is 7.72. The van der Waals surface area contributed by atoms with Crippen LogP contribution in [0.25, 0.3) is 11.4 Å². The van der Waals surface area contributed by atoms with Crippen LogP contribution in [-0.2, 0) is 11.3 Å². The van der Waals surface area contributed by atoms with Crippen molar-refractivity contribution >= 4 is 41.5 Å². The number of rotatable bonds is 7. The van der Waals surface area contributed by atoms with Crippen LogP contribution in [0.4, 0.5) is 0 Å². The molecule has 2 N–H and O–H groups in total. The highest BCUT2D eigenvalue weighted by Gasteiger charge is 2.17. The van der Waals surface area contributed by atoms with Gasteiger partial charge in [-0.2, -0.15) is 4.98 Å². The van der Waals surface area contributed by atoms with Crippen molar-refractivity contribution in [3.63, 3.8) is 0 Å². The first-order valence-electron chi connectivity index (χ1n) is 9.58. The minimum atomic E-state index is 0. The first kappa shape index (κ1) is 23.8. The topological polar surface area (TPSA) is 87.8 Å². The quantitative estimate of drug-likeness (QED) is 0.321. The molecule has 1 atom stereocenters. The molecule has 2 heterocycles. The Morgan fingerprint density at radius 2 is 1.97 bits per heavy atom. The van der Waals surface area contributed by atoms with Crippen molar-refractivity contribution in [2.24, 2.45) is 4.99 Å². The molecule has 160 valence electrons. The number of aliphatic imine (C=N–C) groups is 1. The molecule has 0 aliphatic carbocycles. The Morgan fingerprint density at radius 3 is 2.66 bits per heavy atom. The highest BCUT2D eigenvalue weighted by molar-refractivity contribution is 14.0. The van der Waals surface area contributed by atoms with E-state index in [9.17, 15) is 0 Å². The van der Waals surface area contributed by atoms with E-state index < -0.39 is 0 Å². The summed E-state index contributed by atoms with van der Waals surface area (Å²) >= 11 is 5.91. The van der Waals surface area contributed by atoms with Gasteiger partial charge in [-0.1, -0.05) is 16.8 Å². The SMILES string of the molecule is CCNC(=NCc1nc(-c2ccc(Cl)cc2)no1)NCC(C)N1CCOCC1.I. The smallest absolute Gasteiger partial charge is 0.248 e. The molecule has 1 unspecified atom stereocenters. The van der Waals surface area contributed by atoms with E-state index in [0.717, 1.165) is 50.9 Å². The lowest BCUT2D eigenvalue weighted by Crippen LogP contribution is -2.49. The van der Waals surface area contributed by atoms with E-state index in [-0.39, 0.29) is 24.0 Å². The zero-order valence-corrected chi connectivity index (χ0v) is 19.8. The predicted molar refractivity (Wildman–Crippen MR) is 125 cm³/mol. The number of aromatic nitrogens is 2. The molecule has 1 aromatic carbocycles. The van der Waals surface area contributed by atoms with Crippen LogP contribution >= 0.6 is 35.6 Å². The summed E-state index contributed by atoms with van der Waals surface area (Å²) in [6.07, 6.45) is 0. The minimum Gasteiger partial charge on any atom is -0.379 e. The third-order valence-electron chi connectivity index (χ3n) is 4.52. The van der Waals surface area contributed by atoms with E-state index in [4.69, 9.17) is 20.9 Å². The lowest BCUT2D eigenvalue weighted by molar-refractivity contribution is 0.0211. The monoisotopic (exact) mass is 534 g/mol. The third-order valence-corrected chi connectivity index (χ3v) is 4.77. The van der Waals surface area contributed by atoms with Crippen LogP contribution in [0, 0.1) is 0 Å². The van der Waals surface area contributed by atoms with Crippen LogP contribution in [0.15, 0.2) is 33.8 Å². The second-order valence-electron chi connectivity index (χ2n) is 6.59. The molecule has 0 bridgehead atoms. The molecule has 3 rings (SSSR count). The molecule has 0 spiro atoms. The molecular formula is C19H28ClIN6O2. The highest BCUT2D eigenvalue weighted by Crippen LogP contribution is 2.18. The van der Waals surface area contributed by atoms with Crippen LogP contribution in [-0.4, -0.2) is 66.4 Å². The largest absolute Gasteiger partial charge is 0.379 e. The second-order valence-corrected chi connectivity index (χ2v) is 7.03. The molecule has 0 saturated carbocycles. The summed E-state index contributed by atoms with van der Waals surface area (Å²) in [5.41, 5.74) is 0.854. The van der Waals surface area contributed by atoms with E-state index in [1.807, 2.05) is 19.1 Å². The van der Waals surface area contributed by atoms with Crippen molar-refractivity contribution in [1.82, 2.24) is 25.7 Å². The molecule has 8 nitrogen and oxygen atoms in total. The zero-order chi connectivity index (χ0) is 19.8. The van der Waals surface area contributed by atoms with Crippen molar-refractivity contribution in [2.75, 3.05) is 39.4 Å². The molecule has 0 radical (unpaired) electrons. The van der Waals surface area contributed by atoms with Gasteiger partial charge in [0.05, 0.1) is 13.2 Å². The van der Waals surface area contributed by atoms with Crippen molar-refractivity contribution in [3.05, 3.63) is 35.2 Å². The van der Waals surface area contributed by atoms with Gasteiger partial charge < -0.3 is 19.9 Å². The number of ether oxygens (including phenoxy) is 1. The van der Waals surface area contributed by atoms with Crippen LogP contribution in [0.3, 0.4) is 0 Å². The average molecular weight is 535 g/mol. The van der Waals surface area contributed by atoms with Crippen molar-refractivity contribution in [1.29, 1.82) is 0 Å². The first-order chi connectivity index (χ1) is 13.7. The second kappa shape index (κ2) is 12.3. The van der Waals surface area contributed by atoms with Crippen molar-refractivity contribution in [3.8, 4) is 11.4 Å². The van der Waals surface area contributed by atoms with Crippen LogP contribution in [0.1, 0.15) is 19.7 Å². The molecule has 10 heteroatoms. The van der Waals surface area contributed by atoms with Gasteiger partial charge in [0.1, 0.15) is 6.54 Å². The van der Waals surface area contributed by atoms with Gasteiger partial charge in [-0.25, -0.2) is 4.99 Å². The molecule has 29 heavy (non-hydrogen) atoms. The lowest BCUT2D eigenvalue weighted by atomic mass is 10.2. The molecule has 1 fully saturated rings. The number of hydrogen-bond donors (Lipinski definition) is 2. The van der Waals surface area contributed by atoms with Crippen LogP contribution < -0.4 is 10.6 Å². The van der Waals surface area contributed by atoms with Gasteiger partial charge in [-0.3, -0.25) is 4.90 Å². The standard InChI is InChI=1S/C19H27ClN6O2.HI/c1-3-21-19(22-12-14(2)26-8-10-27-11-9-26)23-13-17-24-18(25-28-17)15-4-6-16(20)7-5-15;/h4-7,14H,3,8-13H2,1-2H3,(H2,21,22,23);1H. The van der Waals surface area contributed by atoms with Crippen LogP contribution in [0.2, 0.25) is 5.02 Å². The fraction of sp³-hybridized carbons (Fsp3) is 0.526. The minimum absolute atomic E-state index is 0. The Bertz CT molecular complexity index is 764. The number of halogens is 2. The average Bonchev–Trinajstić information content (AvgIpc) is 3.20. The zero-order valence-electron chi connectivity index (χ0n) is 16.7. The third kappa shape index (κ3) is 7.40. The predicted octanol–water partition coefficient (Wildman–Crippen LogP) is 2.78. The molecule has 1 aromatic heterocycles. The maximum absolute atomic E-state index is 5.91. The maximum Gasteiger partial charge on any atom is 0.248 e. The van der Waals surface area contributed by atoms with Crippen LogP contribution in [0.5, 0.6) is 0 Å². The number of guanidine groups is 1. The molecule has 1 aliphatic rings. The van der Waals surface area contributed by atoms with E-state index in [1.165, 1.54) is 0 Å². The summed E-state index contributed by atoms with van der Waals surface area (Å²) < 4.78 is 10.7. The summed E-state index contributed by atoms with van der Waals surface area (Å²) in [5, 5.41) is 11.3. The molecule has 2 aromatic rings. The Morgan fingerprint density at radius 1 is 1.24 bits per heavy atom. The van der Waals surface area contributed by atoms with E-state index in [0.29, 0.717) is 29.3 Å². The van der Waals surface area contributed by atoms with E-state index >= 15 is 0 Å². The number of nitrogens with zero attached hydrogens (tertiary/aromatic N) is 4.